The van der Waals surface area contributed by atoms with Crippen LogP contribution in [-0.2, 0) is 11.8 Å². The van der Waals surface area contributed by atoms with Crippen molar-refractivity contribution in [3.8, 4) is 5.75 Å². The van der Waals surface area contributed by atoms with Crippen LogP contribution >= 0.6 is 0 Å². The van der Waals surface area contributed by atoms with Crippen LogP contribution in [0.15, 0.2) is 30.4 Å². The molecule has 1 saturated heterocycles. The molecule has 20 heavy (non-hydrogen) atoms. The summed E-state index contributed by atoms with van der Waals surface area (Å²) in [7, 11) is 2.20. The minimum Gasteiger partial charge on any atom is -0.508 e. The average molecular weight is 271 g/mol. The quantitative estimate of drug-likeness (QED) is 0.708. The Labute approximate surface area is 119 Å². The van der Waals surface area contributed by atoms with Crippen LogP contribution in [0.1, 0.15) is 24.0 Å². The number of piperidine rings is 1. The zero-order valence-electron chi connectivity index (χ0n) is 11.8. The number of rotatable bonds is 0. The molecule has 1 fully saturated rings. The van der Waals surface area contributed by atoms with Crippen LogP contribution in [0.3, 0.4) is 0 Å². The van der Waals surface area contributed by atoms with Crippen LogP contribution < -0.4 is 0 Å². The van der Waals surface area contributed by atoms with Gasteiger partial charge in [-0.15, -0.1) is 0 Å². The Morgan fingerprint density at radius 3 is 3.00 bits per heavy atom. The smallest absolute Gasteiger partial charge is 0.119 e. The van der Waals surface area contributed by atoms with Gasteiger partial charge in [-0.05, 0) is 44.5 Å². The van der Waals surface area contributed by atoms with Crippen molar-refractivity contribution in [1.82, 2.24) is 4.90 Å². The van der Waals surface area contributed by atoms with E-state index in [0.29, 0.717) is 17.7 Å². The third kappa shape index (κ3) is 1.48. The molecule has 2 aliphatic carbocycles. The van der Waals surface area contributed by atoms with E-state index in [1.807, 2.05) is 12.1 Å². The van der Waals surface area contributed by atoms with Crippen LogP contribution in [0.2, 0.25) is 0 Å². The Balaban J connectivity index is 1.97. The number of aliphatic hydroxyl groups is 1. The van der Waals surface area contributed by atoms with Crippen LogP contribution in [-0.4, -0.2) is 40.9 Å². The Kier molecular flexibility index (Phi) is 2.54. The second-order valence-electron chi connectivity index (χ2n) is 6.65. The molecule has 2 bridgehead atoms. The van der Waals surface area contributed by atoms with E-state index in [4.69, 9.17) is 0 Å². The van der Waals surface area contributed by atoms with Crippen LogP contribution in [0.4, 0.5) is 0 Å². The fourth-order valence-corrected chi connectivity index (χ4v) is 4.82. The van der Waals surface area contributed by atoms with Gasteiger partial charge >= 0.3 is 0 Å². The SMILES string of the molecule is CN1CC[C@]23CC(O)C=CC2C1Cc1cccc(O)c13. The summed E-state index contributed by atoms with van der Waals surface area (Å²) < 4.78 is 0. The molecule has 3 unspecified atom stereocenters. The molecule has 1 aliphatic heterocycles. The Hall–Kier alpha value is -1.32. The molecule has 0 amide bonds. The molecule has 3 aliphatic rings. The third-order valence-corrected chi connectivity index (χ3v) is 5.70. The highest BCUT2D eigenvalue weighted by atomic mass is 16.3. The van der Waals surface area contributed by atoms with Crippen LogP contribution in [0.25, 0.3) is 0 Å². The molecule has 0 aromatic heterocycles. The molecular formula is C17H21NO2. The molecule has 1 heterocycles. The van der Waals surface area contributed by atoms with Gasteiger partial charge in [-0.2, -0.15) is 0 Å². The van der Waals surface area contributed by atoms with E-state index < -0.39 is 0 Å². The number of benzene rings is 1. The monoisotopic (exact) mass is 271 g/mol. The van der Waals surface area contributed by atoms with Crippen molar-refractivity contribution in [2.75, 3.05) is 13.6 Å². The first-order valence-electron chi connectivity index (χ1n) is 7.50. The molecule has 0 saturated carbocycles. The Morgan fingerprint density at radius 2 is 2.15 bits per heavy atom. The summed E-state index contributed by atoms with van der Waals surface area (Å²) in [5.74, 6) is 0.823. The van der Waals surface area contributed by atoms with Gasteiger partial charge in [0.2, 0.25) is 0 Å². The standard InChI is InChI=1S/C17H21NO2/c1-18-8-7-17-10-12(19)5-6-13(17)14(18)9-11-3-2-4-15(20)16(11)17/h2-6,12-14,19-20H,7-10H2,1H3/t12?,13?,14?,17-/m0/s1. The lowest BCUT2D eigenvalue weighted by molar-refractivity contribution is 0.0195. The van der Waals surface area contributed by atoms with Gasteiger partial charge in [0.1, 0.15) is 5.75 Å². The second-order valence-corrected chi connectivity index (χ2v) is 6.65. The highest BCUT2D eigenvalue weighted by Gasteiger charge is 2.54. The van der Waals surface area contributed by atoms with Crippen LogP contribution in [0.5, 0.6) is 5.75 Å². The Bertz CT molecular complexity index is 582. The first kappa shape index (κ1) is 12.4. The number of fused-ring (bicyclic) bond motifs is 1. The maximum Gasteiger partial charge on any atom is 0.119 e. The predicted octanol–water partition coefficient (Wildman–Crippen LogP) is 1.83. The number of hydrogen-bond donors (Lipinski definition) is 2. The first-order chi connectivity index (χ1) is 9.62. The molecule has 2 N–H and O–H groups in total. The van der Waals surface area contributed by atoms with Crippen molar-refractivity contribution in [2.45, 2.75) is 36.8 Å². The van der Waals surface area contributed by atoms with E-state index in [1.54, 1.807) is 6.07 Å². The number of aliphatic hydroxyl groups excluding tert-OH is 1. The van der Waals surface area contributed by atoms with E-state index in [0.717, 1.165) is 31.4 Å². The summed E-state index contributed by atoms with van der Waals surface area (Å²) in [6.45, 7) is 1.04. The van der Waals surface area contributed by atoms with Crippen molar-refractivity contribution < 1.29 is 10.2 Å². The lowest BCUT2D eigenvalue weighted by Gasteiger charge is -2.57. The molecule has 4 rings (SSSR count). The van der Waals surface area contributed by atoms with Gasteiger partial charge in [-0.3, -0.25) is 0 Å². The fraction of sp³-hybridized carbons (Fsp3) is 0.529. The van der Waals surface area contributed by atoms with Crippen molar-refractivity contribution >= 4 is 0 Å². The van der Waals surface area contributed by atoms with Crippen molar-refractivity contribution in [1.29, 1.82) is 0 Å². The number of likely N-dealkylation sites (N-methyl/N-ethyl adjacent to an activating group) is 1. The van der Waals surface area contributed by atoms with E-state index in [9.17, 15) is 10.2 Å². The van der Waals surface area contributed by atoms with Gasteiger partial charge in [0.15, 0.2) is 0 Å². The lowest BCUT2D eigenvalue weighted by atomic mass is 9.53. The minimum atomic E-state index is -0.388. The molecule has 3 nitrogen and oxygen atoms in total. The van der Waals surface area contributed by atoms with Crippen molar-refractivity contribution in [3.05, 3.63) is 41.5 Å². The minimum absolute atomic E-state index is 0.0791. The molecule has 106 valence electrons. The zero-order valence-corrected chi connectivity index (χ0v) is 11.8. The van der Waals surface area contributed by atoms with Crippen molar-refractivity contribution in [2.24, 2.45) is 5.92 Å². The molecule has 0 spiro atoms. The Morgan fingerprint density at radius 1 is 1.30 bits per heavy atom. The number of hydrogen-bond acceptors (Lipinski definition) is 3. The summed E-state index contributed by atoms with van der Waals surface area (Å²) >= 11 is 0. The molecule has 1 aromatic carbocycles. The van der Waals surface area contributed by atoms with Gasteiger partial charge in [0.05, 0.1) is 6.10 Å². The number of phenolic OH excluding ortho intramolecular Hbond substituents is 1. The predicted molar refractivity (Wildman–Crippen MR) is 77.8 cm³/mol. The maximum absolute atomic E-state index is 10.4. The molecule has 1 aromatic rings. The number of nitrogens with zero attached hydrogens (tertiary/aromatic N) is 1. The third-order valence-electron chi connectivity index (χ3n) is 5.70. The van der Waals surface area contributed by atoms with Gasteiger partial charge in [-0.25, -0.2) is 0 Å². The lowest BCUT2D eigenvalue weighted by Crippen LogP contribution is -2.60. The van der Waals surface area contributed by atoms with E-state index in [2.05, 4.69) is 24.1 Å². The largest absolute Gasteiger partial charge is 0.508 e. The topological polar surface area (TPSA) is 43.7 Å². The highest BCUT2D eigenvalue weighted by molar-refractivity contribution is 5.51. The molecule has 0 radical (unpaired) electrons. The van der Waals surface area contributed by atoms with Gasteiger partial charge < -0.3 is 15.1 Å². The fourth-order valence-electron chi connectivity index (χ4n) is 4.82. The average Bonchev–Trinajstić information content (AvgIpc) is 2.42. The van der Waals surface area contributed by atoms with Crippen LogP contribution in [0, 0.1) is 5.92 Å². The summed E-state index contributed by atoms with van der Waals surface area (Å²) in [5.41, 5.74) is 2.29. The maximum atomic E-state index is 10.4. The van der Waals surface area contributed by atoms with Crippen molar-refractivity contribution in [3.63, 3.8) is 0 Å². The normalized spacial score (nSPS) is 39.2. The highest BCUT2D eigenvalue weighted by Crippen LogP contribution is 2.55. The van der Waals surface area contributed by atoms with E-state index in [-0.39, 0.29) is 11.5 Å². The summed E-state index contributed by atoms with van der Waals surface area (Å²) in [5, 5.41) is 20.6. The second kappa shape index (κ2) is 4.09. The number of phenols is 1. The first-order valence-corrected chi connectivity index (χ1v) is 7.50. The zero-order chi connectivity index (χ0) is 13.9. The van der Waals surface area contributed by atoms with Gasteiger partial charge in [0, 0.05) is 22.9 Å². The summed E-state index contributed by atoms with van der Waals surface area (Å²) in [6.07, 6.45) is 6.50. The molecular weight excluding hydrogens is 250 g/mol. The summed E-state index contributed by atoms with van der Waals surface area (Å²) in [6, 6.07) is 6.37. The number of likely N-dealkylation sites (tertiary alicyclic amines) is 1. The number of aromatic hydroxyl groups is 1. The van der Waals surface area contributed by atoms with Gasteiger partial charge in [-0.1, -0.05) is 24.3 Å². The summed E-state index contributed by atoms with van der Waals surface area (Å²) in [4.78, 5) is 2.44. The van der Waals surface area contributed by atoms with Gasteiger partial charge in [0.25, 0.3) is 0 Å². The van der Waals surface area contributed by atoms with E-state index in [1.165, 1.54) is 5.56 Å². The molecule has 4 atom stereocenters. The molecule has 3 heteroatoms. The van der Waals surface area contributed by atoms with E-state index >= 15 is 0 Å².